The average Bonchev–Trinajstić information content (AvgIpc) is 3.15. The van der Waals surface area contributed by atoms with E-state index < -0.39 is 91.0 Å². The fourth-order valence-corrected chi connectivity index (χ4v) is 6.54. The van der Waals surface area contributed by atoms with Crippen LogP contribution in [-0.2, 0) is 41.1 Å². The fraction of sp³-hybridized carbons (Fsp3) is 0.733. The van der Waals surface area contributed by atoms with Crippen molar-refractivity contribution in [1.29, 1.82) is 0 Å². The zero-order chi connectivity index (χ0) is 28.6. The zero-order valence-corrected chi connectivity index (χ0v) is 21.8. The minimum absolute atomic E-state index is 0.116. The molecule has 2 aliphatic heterocycles. The molecular formula is C15H25N2O18P3. The highest BCUT2D eigenvalue weighted by Gasteiger charge is 2.46. The molecule has 0 amide bonds. The van der Waals surface area contributed by atoms with Crippen molar-refractivity contribution in [2.45, 2.75) is 56.4 Å². The predicted octanol–water partition coefficient (Wildman–Crippen LogP) is -2.70. The van der Waals surface area contributed by atoms with Crippen molar-refractivity contribution < 1.29 is 75.9 Å². The van der Waals surface area contributed by atoms with E-state index in [9.17, 15) is 48.4 Å². The summed E-state index contributed by atoms with van der Waals surface area (Å²) in [7, 11) is -17.0. The summed E-state index contributed by atoms with van der Waals surface area (Å²) in [4.78, 5) is 62.3. The van der Waals surface area contributed by atoms with Crippen LogP contribution in [0.15, 0.2) is 15.8 Å². The third-order valence-electron chi connectivity index (χ3n) is 5.22. The minimum Gasteiger partial charge on any atom is -0.388 e. The Bertz CT molecular complexity index is 1260. The van der Waals surface area contributed by atoms with Gasteiger partial charge < -0.3 is 49.1 Å². The van der Waals surface area contributed by atoms with Crippen molar-refractivity contribution in [3.05, 3.63) is 32.6 Å². The summed E-state index contributed by atoms with van der Waals surface area (Å²) in [5.74, 6) is 0. The Labute approximate surface area is 211 Å². The molecule has 0 aromatic carbocycles. The van der Waals surface area contributed by atoms with Crippen molar-refractivity contribution in [1.82, 2.24) is 9.55 Å². The van der Waals surface area contributed by atoms with Crippen LogP contribution in [0.25, 0.3) is 0 Å². The molecule has 0 spiro atoms. The van der Waals surface area contributed by atoms with E-state index in [-0.39, 0.29) is 12.0 Å². The highest BCUT2D eigenvalue weighted by atomic mass is 31.3. The monoisotopic (exact) mass is 614 g/mol. The van der Waals surface area contributed by atoms with Crippen molar-refractivity contribution >= 4 is 23.5 Å². The highest BCUT2D eigenvalue weighted by molar-refractivity contribution is 7.66. The standard InChI is InChI=1S/C15H25N2O18P3/c1-6-3-17(15(22)16-13(6)21)10-2-8(33-14-12(20)11(19)7(18)4-30-14)9(32-10)5-31-37(26,27)35-38(28,29)34-36(23,24)25/h3,7-12,14,18-20H,2,4-5H2,1H3,(H,26,27)(H,28,29)(H,16,21,22)(H2,23,24,25)/t7-,8?,9-,10-,11+,12?,14+/m1/s1. The Morgan fingerprint density at radius 1 is 1.05 bits per heavy atom. The number of hydrogen-bond acceptors (Lipinski definition) is 14. The third-order valence-corrected chi connectivity index (χ3v) is 9.02. The number of H-pyrrole nitrogens is 1. The number of phosphoric ester groups is 1. The second-order valence-corrected chi connectivity index (χ2v) is 12.6. The number of aromatic nitrogens is 2. The van der Waals surface area contributed by atoms with Gasteiger partial charge in [0, 0.05) is 18.2 Å². The van der Waals surface area contributed by atoms with Gasteiger partial charge in [0.1, 0.15) is 30.6 Å². The maximum absolute atomic E-state index is 12.3. The summed E-state index contributed by atoms with van der Waals surface area (Å²) in [6, 6.07) is 0. The molecule has 3 heterocycles. The van der Waals surface area contributed by atoms with E-state index in [1.165, 1.54) is 6.92 Å². The van der Waals surface area contributed by atoms with Gasteiger partial charge in [-0.2, -0.15) is 8.62 Å². The molecule has 2 fully saturated rings. The van der Waals surface area contributed by atoms with Gasteiger partial charge in [-0.1, -0.05) is 0 Å². The molecule has 0 bridgehead atoms. The number of ether oxygens (including phenoxy) is 3. The number of aliphatic hydroxyl groups excluding tert-OH is 3. The van der Waals surface area contributed by atoms with E-state index in [0.29, 0.717) is 0 Å². The van der Waals surface area contributed by atoms with Crippen molar-refractivity contribution in [2.75, 3.05) is 13.2 Å². The van der Waals surface area contributed by atoms with Crippen LogP contribution in [0.2, 0.25) is 0 Å². The number of hydrogen-bond donors (Lipinski definition) is 8. The van der Waals surface area contributed by atoms with Crippen molar-refractivity contribution in [2.24, 2.45) is 0 Å². The molecule has 3 rings (SSSR count). The molecule has 0 saturated carbocycles. The first-order valence-corrected chi connectivity index (χ1v) is 15.0. The molecule has 1 aromatic heterocycles. The third kappa shape index (κ3) is 8.18. The van der Waals surface area contributed by atoms with Gasteiger partial charge in [-0.15, -0.1) is 0 Å². The number of aliphatic hydroxyl groups is 3. The Morgan fingerprint density at radius 2 is 1.71 bits per heavy atom. The first kappa shape index (κ1) is 31.4. The first-order chi connectivity index (χ1) is 17.4. The van der Waals surface area contributed by atoms with Gasteiger partial charge in [-0.05, 0) is 6.92 Å². The van der Waals surface area contributed by atoms with Gasteiger partial charge in [0.25, 0.3) is 5.56 Å². The number of rotatable bonds is 10. The number of aromatic amines is 1. The molecule has 20 nitrogen and oxygen atoms in total. The Balaban J connectivity index is 1.79. The number of nitrogens with zero attached hydrogens (tertiary/aromatic N) is 1. The quantitative estimate of drug-likeness (QED) is 0.124. The Kier molecular flexibility index (Phi) is 9.71. The molecule has 38 heavy (non-hydrogen) atoms. The van der Waals surface area contributed by atoms with E-state index >= 15 is 0 Å². The summed E-state index contributed by atoms with van der Waals surface area (Å²) in [5, 5.41) is 29.6. The fourth-order valence-electron chi connectivity index (χ4n) is 3.51. The lowest BCUT2D eigenvalue weighted by Gasteiger charge is -2.36. The van der Waals surface area contributed by atoms with E-state index in [1.807, 2.05) is 4.98 Å². The summed E-state index contributed by atoms with van der Waals surface area (Å²) in [6.07, 6.45) is -9.34. The molecule has 8 N–H and O–H groups in total. The van der Waals surface area contributed by atoms with Gasteiger partial charge in [-0.25, -0.2) is 18.5 Å². The number of phosphoric acid groups is 3. The second kappa shape index (κ2) is 11.8. The van der Waals surface area contributed by atoms with Crippen LogP contribution in [0.3, 0.4) is 0 Å². The Morgan fingerprint density at radius 3 is 2.34 bits per heavy atom. The van der Waals surface area contributed by atoms with Crippen molar-refractivity contribution in [3.8, 4) is 0 Å². The molecule has 218 valence electrons. The first-order valence-electron chi connectivity index (χ1n) is 10.4. The summed E-state index contributed by atoms with van der Waals surface area (Å²) >= 11 is 0. The molecular weight excluding hydrogens is 589 g/mol. The van der Waals surface area contributed by atoms with Crippen LogP contribution in [0.1, 0.15) is 18.2 Å². The average molecular weight is 614 g/mol. The molecule has 4 unspecified atom stereocenters. The molecule has 2 saturated heterocycles. The number of nitrogens with one attached hydrogen (secondary N) is 1. The normalized spacial score (nSPS) is 33.5. The lowest BCUT2D eigenvalue weighted by atomic mass is 10.1. The van der Waals surface area contributed by atoms with Crippen LogP contribution in [-0.4, -0.2) is 94.5 Å². The molecule has 23 heteroatoms. The van der Waals surface area contributed by atoms with Gasteiger partial charge in [-0.3, -0.25) is 18.9 Å². The summed E-state index contributed by atoms with van der Waals surface area (Å²) in [6.45, 7) is -0.0237. The van der Waals surface area contributed by atoms with E-state index in [0.717, 1.165) is 10.8 Å². The topological polar surface area (TPSA) is 303 Å². The summed E-state index contributed by atoms with van der Waals surface area (Å²) in [5.41, 5.74) is -1.46. The maximum atomic E-state index is 12.3. The highest BCUT2D eigenvalue weighted by Crippen LogP contribution is 2.66. The molecule has 1 aromatic rings. The van der Waals surface area contributed by atoms with E-state index in [4.69, 9.17) is 24.0 Å². The lowest BCUT2D eigenvalue weighted by molar-refractivity contribution is -0.286. The summed E-state index contributed by atoms with van der Waals surface area (Å²) < 4.78 is 63.6. The lowest BCUT2D eigenvalue weighted by Crippen LogP contribution is -2.55. The van der Waals surface area contributed by atoms with Crippen LogP contribution >= 0.6 is 23.5 Å². The largest absolute Gasteiger partial charge is 0.490 e. The van der Waals surface area contributed by atoms with Crippen LogP contribution < -0.4 is 11.2 Å². The van der Waals surface area contributed by atoms with E-state index in [1.54, 1.807) is 0 Å². The molecule has 0 aliphatic carbocycles. The molecule has 2 aliphatic rings. The minimum atomic E-state index is -5.80. The molecule has 9 atom stereocenters. The van der Waals surface area contributed by atoms with Crippen molar-refractivity contribution in [3.63, 3.8) is 0 Å². The maximum Gasteiger partial charge on any atom is 0.490 e. The second-order valence-electron chi connectivity index (χ2n) is 8.16. The van der Waals surface area contributed by atoms with Gasteiger partial charge >= 0.3 is 29.2 Å². The smallest absolute Gasteiger partial charge is 0.388 e. The Hall–Kier alpha value is -1.15. The number of aryl methyl sites for hydroxylation is 1. The van der Waals surface area contributed by atoms with Gasteiger partial charge in [0.15, 0.2) is 6.29 Å². The van der Waals surface area contributed by atoms with Crippen LogP contribution in [0, 0.1) is 6.92 Å². The predicted molar refractivity (Wildman–Crippen MR) is 117 cm³/mol. The van der Waals surface area contributed by atoms with E-state index in [2.05, 4.69) is 13.1 Å². The van der Waals surface area contributed by atoms with Crippen LogP contribution in [0.5, 0.6) is 0 Å². The van der Waals surface area contributed by atoms with Gasteiger partial charge in [0.05, 0.1) is 19.3 Å². The molecule has 0 radical (unpaired) electrons. The zero-order valence-electron chi connectivity index (χ0n) is 19.2. The SMILES string of the molecule is Cc1cn([C@H]2CC(O[C@@H]3OC[C@@H](O)[C@H](O)C3O)[C@@H](COP(=O)(O)OP(=O)(O)OP(=O)(O)O)O2)c(=O)[nH]c1=O. The van der Waals surface area contributed by atoms with Crippen LogP contribution in [0.4, 0.5) is 0 Å². The van der Waals surface area contributed by atoms with Gasteiger partial charge in [0.2, 0.25) is 0 Å².